The maximum Gasteiger partial charge on any atom is 0.160 e. The highest BCUT2D eigenvalue weighted by molar-refractivity contribution is 4.99. The van der Waals surface area contributed by atoms with E-state index in [1.165, 1.54) is 0 Å². The van der Waals surface area contributed by atoms with Gasteiger partial charge in [-0.05, 0) is 34.6 Å². The van der Waals surface area contributed by atoms with Gasteiger partial charge in [0, 0.05) is 37.5 Å². The molecule has 6 N–H and O–H groups in total. The SMILES string of the molecule is COC1CC(O)C(OC2CC(C)(N)C(OC3CC(C)(N)C(O)C(C)O3)C(C)O2)C(C)O1. The van der Waals surface area contributed by atoms with Crippen molar-refractivity contribution < 1.29 is 38.6 Å². The van der Waals surface area contributed by atoms with Crippen molar-refractivity contribution in [2.24, 2.45) is 11.5 Å². The molecule has 3 aliphatic rings. The van der Waals surface area contributed by atoms with Gasteiger partial charge in [-0.25, -0.2) is 0 Å². The minimum Gasteiger partial charge on any atom is -0.390 e. The Labute approximate surface area is 184 Å². The van der Waals surface area contributed by atoms with Crippen LogP contribution >= 0.6 is 0 Å². The quantitative estimate of drug-likeness (QED) is 0.452. The molecule has 10 nitrogen and oxygen atoms in total. The average molecular weight is 449 g/mol. The van der Waals surface area contributed by atoms with Crippen LogP contribution in [0.4, 0.5) is 0 Å². The Morgan fingerprint density at radius 3 is 1.90 bits per heavy atom. The van der Waals surface area contributed by atoms with Gasteiger partial charge in [-0.1, -0.05) is 0 Å². The van der Waals surface area contributed by atoms with E-state index in [-0.39, 0.29) is 6.10 Å². The second-order valence-electron chi connectivity index (χ2n) is 9.87. The zero-order valence-electron chi connectivity index (χ0n) is 19.4. The number of hydrogen-bond donors (Lipinski definition) is 4. The molecule has 0 bridgehead atoms. The molecule has 3 saturated heterocycles. The third-order valence-corrected chi connectivity index (χ3v) is 6.65. The molecule has 0 aromatic carbocycles. The predicted octanol–water partition coefficient (Wildman–Crippen LogP) is -0.0355. The van der Waals surface area contributed by atoms with Crippen LogP contribution in [0.5, 0.6) is 0 Å². The van der Waals surface area contributed by atoms with Crippen molar-refractivity contribution in [2.75, 3.05) is 7.11 Å². The largest absolute Gasteiger partial charge is 0.390 e. The molecule has 0 aromatic heterocycles. The van der Waals surface area contributed by atoms with Crippen LogP contribution < -0.4 is 11.5 Å². The molecule has 0 saturated carbocycles. The number of nitrogens with two attached hydrogens (primary N) is 2. The van der Waals surface area contributed by atoms with E-state index >= 15 is 0 Å². The molecule has 3 fully saturated rings. The number of rotatable bonds is 5. The van der Waals surface area contributed by atoms with Gasteiger partial charge in [0.25, 0.3) is 0 Å². The zero-order valence-corrected chi connectivity index (χ0v) is 19.4. The van der Waals surface area contributed by atoms with Crippen LogP contribution in [0.2, 0.25) is 0 Å². The predicted molar refractivity (Wildman–Crippen MR) is 111 cm³/mol. The summed E-state index contributed by atoms with van der Waals surface area (Å²) in [5, 5.41) is 20.7. The molecule has 0 amide bonds. The van der Waals surface area contributed by atoms with Crippen molar-refractivity contribution in [1.82, 2.24) is 0 Å². The standard InChI is InChI=1S/C21H40N2O8/c1-10-17(13(24)7-14(26-6)27-10)30-15-9-21(5,23)19(12(3)29-15)31-16-8-20(4,22)18(25)11(2)28-16/h10-19,24-25H,7-9,22-23H2,1-6H3. The zero-order chi connectivity index (χ0) is 23.1. The minimum atomic E-state index is -0.828. The fraction of sp³-hybridized carbons (Fsp3) is 1.00. The highest BCUT2D eigenvalue weighted by Crippen LogP contribution is 2.36. The summed E-state index contributed by atoms with van der Waals surface area (Å²) in [6, 6.07) is 0. The summed E-state index contributed by atoms with van der Waals surface area (Å²) in [7, 11) is 1.54. The molecule has 0 aromatic rings. The molecule has 31 heavy (non-hydrogen) atoms. The summed E-state index contributed by atoms with van der Waals surface area (Å²) in [4.78, 5) is 0. The number of methoxy groups -OCH3 is 1. The Kier molecular flexibility index (Phi) is 7.70. The fourth-order valence-electron chi connectivity index (χ4n) is 4.88. The molecule has 3 rings (SSSR count). The maximum absolute atomic E-state index is 10.5. The lowest BCUT2D eigenvalue weighted by Gasteiger charge is -2.50. The van der Waals surface area contributed by atoms with E-state index in [1.54, 1.807) is 21.0 Å². The number of ether oxygens (including phenoxy) is 6. The normalized spacial score (nSPS) is 54.0. The molecule has 182 valence electrons. The lowest BCUT2D eigenvalue weighted by molar-refractivity contribution is -0.327. The van der Waals surface area contributed by atoms with E-state index in [4.69, 9.17) is 39.9 Å². The summed E-state index contributed by atoms with van der Waals surface area (Å²) >= 11 is 0. The first-order valence-corrected chi connectivity index (χ1v) is 11.1. The highest BCUT2D eigenvalue weighted by Gasteiger charge is 2.50. The lowest BCUT2D eigenvalue weighted by Crippen LogP contribution is -2.65. The van der Waals surface area contributed by atoms with Gasteiger partial charge in [-0.15, -0.1) is 0 Å². The number of aliphatic hydroxyl groups is 2. The third kappa shape index (κ3) is 5.57. The van der Waals surface area contributed by atoms with Gasteiger partial charge in [-0.2, -0.15) is 0 Å². The van der Waals surface area contributed by atoms with Crippen LogP contribution in [0.1, 0.15) is 53.9 Å². The van der Waals surface area contributed by atoms with Gasteiger partial charge in [0.2, 0.25) is 0 Å². The summed E-state index contributed by atoms with van der Waals surface area (Å²) in [6.45, 7) is 9.13. The van der Waals surface area contributed by atoms with Gasteiger partial charge in [0.15, 0.2) is 18.9 Å². The topological polar surface area (TPSA) is 148 Å². The van der Waals surface area contributed by atoms with E-state index in [1.807, 2.05) is 20.8 Å². The summed E-state index contributed by atoms with van der Waals surface area (Å²) in [5.74, 6) is 0. The van der Waals surface area contributed by atoms with Crippen LogP contribution in [0.3, 0.4) is 0 Å². The molecule has 10 heteroatoms. The van der Waals surface area contributed by atoms with E-state index in [2.05, 4.69) is 0 Å². The molecule has 0 spiro atoms. The van der Waals surface area contributed by atoms with Crippen LogP contribution in [-0.4, -0.2) is 90.0 Å². The fourth-order valence-corrected chi connectivity index (χ4v) is 4.88. The monoisotopic (exact) mass is 448 g/mol. The molecule has 12 unspecified atom stereocenters. The summed E-state index contributed by atoms with van der Waals surface area (Å²) in [6.07, 6.45) is -4.45. The van der Waals surface area contributed by atoms with Crippen molar-refractivity contribution in [3.63, 3.8) is 0 Å². The smallest absolute Gasteiger partial charge is 0.160 e. The van der Waals surface area contributed by atoms with Crippen LogP contribution in [0, 0.1) is 0 Å². The van der Waals surface area contributed by atoms with Gasteiger partial charge in [-0.3, -0.25) is 0 Å². The lowest BCUT2D eigenvalue weighted by atomic mass is 9.84. The van der Waals surface area contributed by atoms with Crippen molar-refractivity contribution >= 4 is 0 Å². The van der Waals surface area contributed by atoms with Crippen molar-refractivity contribution in [3.8, 4) is 0 Å². The van der Waals surface area contributed by atoms with Gasteiger partial charge in [0.1, 0.15) is 12.2 Å². The van der Waals surface area contributed by atoms with E-state index in [9.17, 15) is 10.2 Å². The molecule has 3 aliphatic heterocycles. The van der Waals surface area contributed by atoms with Gasteiger partial charge in [0.05, 0.1) is 30.5 Å². The Hall–Kier alpha value is -0.400. The first-order chi connectivity index (χ1) is 14.3. The van der Waals surface area contributed by atoms with Crippen LogP contribution in [-0.2, 0) is 28.4 Å². The molecule has 12 atom stereocenters. The summed E-state index contributed by atoms with van der Waals surface area (Å²) < 4.78 is 35.1. The van der Waals surface area contributed by atoms with Crippen LogP contribution in [0.25, 0.3) is 0 Å². The van der Waals surface area contributed by atoms with Crippen LogP contribution in [0.15, 0.2) is 0 Å². The first-order valence-electron chi connectivity index (χ1n) is 11.1. The molecular weight excluding hydrogens is 408 g/mol. The van der Waals surface area contributed by atoms with Crippen molar-refractivity contribution in [2.45, 2.75) is 127 Å². The van der Waals surface area contributed by atoms with E-state index < -0.39 is 66.6 Å². The molecule has 0 aliphatic carbocycles. The minimum absolute atomic E-state index is 0.320. The second-order valence-corrected chi connectivity index (χ2v) is 9.87. The third-order valence-electron chi connectivity index (χ3n) is 6.65. The number of hydrogen-bond acceptors (Lipinski definition) is 10. The second kappa shape index (κ2) is 9.46. The number of aliphatic hydroxyl groups excluding tert-OH is 2. The van der Waals surface area contributed by atoms with E-state index in [0.717, 1.165) is 0 Å². The Balaban J connectivity index is 1.62. The Morgan fingerprint density at radius 2 is 1.35 bits per heavy atom. The highest BCUT2D eigenvalue weighted by atomic mass is 16.7. The molecule has 3 heterocycles. The summed E-state index contributed by atoms with van der Waals surface area (Å²) in [5.41, 5.74) is 11.3. The molecule has 0 radical (unpaired) electrons. The maximum atomic E-state index is 10.5. The Morgan fingerprint density at radius 1 is 0.806 bits per heavy atom. The van der Waals surface area contributed by atoms with Gasteiger partial charge >= 0.3 is 0 Å². The van der Waals surface area contributed by atoms with Crippen molar-refractivity contribution in [3.05, 3.63) is 0 Å². The Bertz CT molecular complexity index is 594. The average Bonchev–Trinajstić information content (AvgIpc) is 2.65. The first kappa shape index (κ1) is 25.2. The molecular formula is C21H40N2O8. The van der Waals surface area contributed by atoms with Crippen molar-refractivity contribution in [1.29, 1.82) is 0 Å². The van der Waals surface area contributed by atoms with E-state index in [0.29, 0.717) is 19.3 Å². The van der Waals surface area contributed by atoms with Gasteiger partial charge < -0.3 is 50.1 Å².